The number of nitrogens with zero attached hydrogens (tertiary/aromatic N) is 1. The number of ether oxygens (including phenoxy) is 1. The monoisotopic (exact) mass is 252 g/mol. The molecule has 19 heavy (non-hydrogen) atoms. The Hall–Kier alpha value is -2.42. The van der Waals surface area contributed by atoms with Gasteiger partial charge in [-0.1, -0.05) is 18.2 Å². The van der Waals surface area contributed by atoms with Crippen molar-refractivity contribution in [1.29, 1.82) is 0 Å². The predicted molar refractivity (Wildman–Crippen MR) is 78.1 cm³/mol. The van der Waals surface area contributed by atoms with Crippen molar-refractivity contribution in [2.45, 2.75) is 6.61 Å². The standard InChI is InChI=1S/C16H16N2O/c1-18-14(11-19-15-5-3-2-4-6-15)10-12-9-13(17)7-8-16(12)18/h2-10H,11,17H2,1H3. The summed E-state index contributed by atoms with van der Waals surface area (Å²) in [6.45, 7) is 0.551. The Balaban J connectivity index is 1.87. The van der Waals surface area contributed by atoms with Crippen LogP contribution in [-0.4, -0.2) is 4.57 Å². The number of para-hydroxylation sites is 1. The van der Waals surface area contributed by atoms with Gasteiger partial charge in [-0.2, -0.15) is 0 Å². The summed E-state index contributed by atoms with van der Waals surface area (Å²) in [6.07, 6.45) is 0. The lowest BCUT2D eigenvalue weighted by atomic mass is 10.2. The zero-order chi connectivity index (χ0) is 13.2. The Bertz CT molecular complexity index is 701. The Morgan fingerprint density at radius 3 is 2.63 bits per heavy atom. The number of rotatable bonds is 3. The summed E-state index contributed by atoms with van der Waals surface area (Å²) in [5.74, 6) is 0.882. The van der Waals surface area contributed by atoms with Crippen molar-refractivity contribution in [3.05, 3.63) is 60.3 Å². The van der Waals surface area contributed by atoms with Gasteiger partial charge in [0.15, 0.2) is 0 Å². The number of hydrogen-bond donors (Lipinski definition) is 1. The number of aromatic nitrogens is 1. The maximum Gasteiger partial charge on any atom is 0.128 e. The van der Waals surface area contributed by atoms with E-state index in [0.29, 0.717) is 6.61 Å². The van der Waals surface area contributed by atoms with Gasteiger partial charge in [0, 0.05) is 23.6 Å². The normalized spacial score (nSPS) is 10.8. The quantitative estimate of drug-likeness (QED) is 0.726. The van der Waals surface area contributed by atoms with Gasteiger partial charge in [0.2, 0.25) is 0 Å². The van der Waals surface area contributed by atoms with Crippen LogP contribution < -0.4 is 10.5 Å². The maximum atomic E-state index is 5.81. The molecule has 0 atom stereocenters. The van der Waals surface area contributed by atoms with Gasteiger partial charge >= 0.3 is 0 Å². The summed E-state index contributed by atoms with van der Waals surface area (Å²) in [5.41, 5.74) is 8.89. The molecule has 96 valence electrons. The molecule has 0 spiro atoms. The second-order valence-electron chi connectivity index (χ2n) is 4.61. The highest BCUT2D eigenvalue weighted by Gasteiger charge is 2.06. The van der Waals surface area contributed by atoms with Crippen LogP contribution in [-0.2, 0) is 13.7 Å². The van der Waals surface area contributed by atoms with Crippen LogP contribution in [0.15, 0.2) is 54.6 Å². The summed E-state index contributed by atoms with van der Waals surface area (Å²) in [6, 6.07) is 17.9. The van der Waals surface area contributed by atoms with Crippen molar-refractivity contribution in [1.82, 2.24) is 4.57 Å². The molecule has 3 heteroatoms. The average molecular weight is 252 g/mol. The largest absolute Gasteiger partial charge is 0.487 e. The van der Waals surface area contributed by atoms with E-state index in [1.165, 1.54) is 5.52 Å². The number of anilines is 1. The van der Waals surface area contributed by atoms with Crippen molar-refractivity contribution in [2.24, 2.45) is 7.05 Å². The molecule has 0 aliphatic rings. The Morgan fingerprint density at radius 2 is 1.84 bits per heavy atom. The van der Waals surface area contributed by atoms with Crippen LogP contribution in [0.5, 0.6) is 5.75 Å². The zero-order valence-corrected chi connectivity index (χ0v) is 10.8. The minimum absolute atomic E-state index is 0.551. The molecule has 2 N–H and O–H groups in total. The van der Waals surface area contributed by atoms with Gasteiger partial charge in [0.25, 0.3) is 0 Å². The van der Waals surface area contributed by atoms with Gasteiger partial charge in [-0.25, -0.2) is 0 Å². The van der Waals surface area contributed by atoms with Crippen LogP contribution in [0.4, 0.5) is 5.69 Å². The molecule has 0 bridgehead atoms. The van der Waals surface area contributed by atoms with E-state index in [0.717, 1.165) is 22.5 Å². The summed E-state index contributed by atoms with van der Waals surface area (Å²) in [5, 5.41) is 1.15. The third kappa shape index (κ3) is 2.27. The maximum absolute atomic E-state index is 5.81. The van der Waals surface area contributed by atoms with Crippen LogP contribution in [0, 0.1) is 0 Å². The molecule has 0 amide bonds. The van der Waals surface area contributed by atoms with Crippen molar-refractivity contribution in [2.75, 3.05) is 5.73 Å². The number of aryl methyl sites for hydroxylation is 1. The summed E-state index contributed by atoms with van der Waals surface area (Å²) < 4.78 is 7.92. The van der Waals surface area contributed by atoms with Crippen LogP contribution in [0.2, 0.25) is 0 Å². The highest BCUT2D eigenvalue weighted by atomic mass is 16.5. The summed E-state index contributed by atoms with van der Waals surface area (Å²) in [4.78, 5) is 0. The van der Waals surface area contributed by atoms with E-state index < -0.39 is 0 Å². The van der Waals surface area contributed by atoms with Crippen molar-refractivity contribution >= 4 is 16.6 Å². The highest BCUT2D eigenvalue weighted by Crippen LogP contribution is 2.22. The first-order chi connectivity index (χ1) is 9.24. The highest BCUT2D eigenvalue weighted by molar-refractivity contribution is 5.84. The summed E-state index contributed by atoms with van der Waals surface area (Å²) >= 11 is 0. The van der Waals surface area contributed by atoms with E-state index >= 15 is 0 Å². The molecule has 3 rings (SSSR count). The van der Waals surface area contributed by atoms with Crippen molar-refractivity contribution in [3.63, 3.8) is 0 Å². The van der Waals surface area contributed by atoms with Gasteiger partial charge < -0.3 is 15.0 Å². The lowest BCUT2D eigenvalue weighted by molar-refractivity contribution is 0.298. The molecule has 0 aliphatic heterocycles. The molecule has 1 aromatic heterocycles. The number of nitrogen functional groups attached to an aromatic ring is 1. The Kier molecular flexibility index (Phi) is 2.88. The SMILES string of the molecule is Cn1c(COc2ccccc2)cc2cc(N)ccc21. The molecule has 0 aliphatic carbocycles. The van der Waals surface area contributed by atoms with E-state index in [1.54, 1.807) is 0 Å². The number of nitrogens with two attached hydrogens (primary N) is 1. The predicted octanol–water partition coefficient (Wildman–Crippen LogP) is 3.34. The first-order valence-electron chi connectivity index (χ1n) is 6.26. The lowest BCUT2D eigenvalue weighted by Gasteiger charge is -2.07. The first-order valence-corrected chi connectivity index (χ1v) is 6.26. The van der Waals surface area contributed by atoms with Gasteiger partial charge in [-0.3, -0.25) is 0 Å². The fourth-order valence-electron chi connectivity index (χ4n) is 2.24. The van der Waals surface area contributed by atoms with Crippen LogP contribution in [0.25, 0.3) is 10.9 Å². The molecule has 1 heterocycles. The van der Waals surface area contributed by atoms with E-state index in [9.17, 15) is 0 Å². The van der Waals surface area contributed by atoms with Crippen molar-refractivity contribution < 1.29 is 4.74 Å². The second kappa shape index (κ2) is 4.69. The minimum atomic E-state index is 0.551. The van der Waals surface area contributed by atoms with E-state index in [1.807, 2.05) is 55.6 Å². The Morgan fingerprint density at radius 1 is 1.05 bits per heavy atom. The third-order valence-electron chi connectivity index (χ3n) is 3.30. The molecule has 0 unspecified atom stereocenters. The van der Waals surface area contributed by atoms with Crippen LogP contribution in [0.1, 0.15) is 5.69 Å². The molecular weight excluding hydrogens is 236 g/mol. The molecule has 0 saturated heterocycles. The molecule has 3 aromatic rings. The molecular formula is C16H16N2O. The first kappa shape index (κ1) is 11.7. The molecule has 0 fully saturated rings. The fourth-order valence-corrected chi connectivity index (χ4v) is 2.24. The number of fused-ring (bicyclic) bond motifs is 1. The van der Waals surface area contributed by atoms with Gasteiger partial charge in [0.1, 0.15) is 12.4 Å². The molecule has 2 aromatic carbocycles. The molecule has 3 nitrogen and oxygen atoms in total. The van der Waals surface area contributed by atoms with E-state index in [2.05, 4.69) is 10.6 Å². The fraction of sp³-hybridized carbons (Fsp3) is 0.125. The van der Waals surface area contributed by atoms with Gasteiger partial charge in [-0.15, -0.1) is 0 Å². The van der Waals surface area contributed by atoms with E-state index in [-0.39, 0.29) is 0 Å². The topological polar surface area (TPSA) is 40.2 Å². The van der Waals surface area contributed by atoms with Crippen molar-refractivity contribution in [3.8, 4) is 5.75 Å². The van der Waals surface area contributed by atoms with Crippen LogP contribution >= 0.6 is 0 Å². The van der Waals surface area contributed by atoms with Crippen LogP contribution in [0.3, 0.4) is 0 Å². The Labute approximate surface area is 112 Å². The number of hydrogen-bond acceptors (Lipinski definition) is 2. The van der Waals surface area contributed by atoms with Gasteiger partial charge in [0.05, 0.1) is 5.69 Å². The summed E-state index contributed by atoms with van der Waals surface area (Å²) in [7, 11) is 2.04. The third-order valence-corrected chi connectivity index (χ3v) is 3.30. The second-order valence-corrected chi connectivity index (χ2v) is 4.61. The molecule has 0 radical (unpaired) electrons. The lowest BCUT2D eigenvalue weighted by Crippen LogP contribution is -2.01. The average Bonchev–Trinajstić information content (AvgIpc) is 2.74. The van der Waals surface area contributed by atoms with E-state index in [4.69, 9.17) is 10.5 Å². The smallest absolute Gasteiger partial charge is 0.128 e. The van der Waals surface area contributed by atoms with Gasteiger partial charge in [-0.05, 0) is 36.4 Å². The minimum Gasteiger partial charge on any atom is -0.487 e. The molecule has 0 saturated carbocycles. The number of benzene rings is 2. The zero-order valence-electron chi connectivity index (χ0n) is 10.8.